The molecule has 124 valence electrons. The third-order valence-corrected chi connectivity index (χ3v) is 4.76. The lowest BCUT2D eigenvalue weighted by Gasteiger charge is -2.26. The Balaban J connectivity index is 1.68. The fraction of sp³-hybridized carbons (Fsp3) is 0.130. The summed E-state index contributed by atoms with van der Waals surface area (Å²) < 4.78 is 5.93. The molecule has 1 atom stereocenters. The average molecular weight is 327 g/mol. The zero-order valence-corrected chi connectivity index (χ0v) is 14.4. The predicted molar refractivity (Wildman–Crippen MR) is 107 cm³/mol. The Hall–Kier alpha value is -3.00. The molecule has 0 amide bonds. The maximum atomic E-state index is 5.93. The summed E-state index contributed by atoms with van der Waals surface area (Å²) in [6.07, 6.45) is 13.6. The maximum Gasteiger partial charge on any atom is 0.135 e. The van der Waals surface area contributed by atoms with Gasteiger partial charge in [0.2, 0.25) is 0 Å². The molecule has 1 aromatic heterocycles. The molecule has 2 heteroatoms. The first-order valence-electron chi connectivity index (χ1n) is 8.58. The Labute approximate surface area is 148 Å². The fourth-order valence-corrected chi connectivity index (χ4v) is 3.38. The molecule has 0 fully saturated rings. The van der Waals surface area contributed by atoms with Crippen molar-refractivity contribution in [1.82, 2.24) is 0 Å². The van der Waals surface area contributed by atoms with Gasteiger partial charge in [-0.05, 0) is 36.8 Å². The first-order valence-corrected chi connectivity index (χ1v) is 8.58. The van der Waals surface area contributed by atoms with Crippen molar-refractivity contribution in [2.45, 2.75) is 6.42 Å². The van der Waals surface area contributed by atoms with Crippen LogP contribution in [0.2, 0.25) is 0 Å². The lowest BCUT2D eigenvalue weighted by molar-refractivity contribution is 0.669. The van der Waals surface area contributed by atoms with Gasteiger partial charge in [0.25, 0.3) is 0 Å². The molecule has 2 nitrogen and oxygen atoms in total. The summed E-state index contributed by atoms with van der Waals surface area (Å²) in [5.74, 6) is 0.416. The topological polar surface area (TPSA) is 16.4 Å². The van der Waals surface area contributed by atoms with E-state index in [-0.39, 0.29) is 0 Å². The minimum Gasteiger partial charge on any atom is -0.456 e. The van der Waals surface area contributed by atoms with Gasteiger partial charge in [0.05, 0.1) is 0 Å². The molecule has 1 aliphatic carbocycles. The third-order valence-electron chi connectivity index (χ3n) is 4.76. The van der Waals surface area contributed by atoms with E-state index >= 15 is 0 Å². The van der Waals surface area contributed by atoms with Crippen LogP contribution in [-0.4, -0.2) is 7.05 Å². The summed E-state index contributed by atoms with van der Waals surface area (Å²) in [7, 11) is 2.13. The van der Waals surface area contributed by atoms with Crippen LogP contribution in [0.5, 0.6) is 0 Å². The van der Waals surface area contributed by atoms with Crippen molar-refractivity contribution in [3.63, 3.8) is 0 Å². The van der Waals surface area contributed by atoms with Crippen molar-refractivity contribution >= 4 is 27.6 Å². The predicted octanol–water partition coefficient (Wildman–Crippen LogP) is 6.22. The van der Waals surface area contributed by atoms with Crippen LogP contribution in [0.15, 0.2) is 95.6 Å². The molecule has 0 saturated heterocycles. The van der Waals surface area contributed by atoms with Crippen LogP contribution in [-0.2, 0) is 0 Å². The van der Waals surface area contributed by atoms with Crippen LogP contribution >= 0.6 is 0 Å². The monoisotopic (exact) mass is 327 g/mol. The van der Waals surface area contributed by atoms with Gasteiger partial charge in [0.15, 0.2) is 0 Å². The SMILES string of the molecule is C=C/C=C/C1C=CC=C(N(C)c2ccc3oc4ccccc4c3c2)C1. The van der Waals surface area contributed by atoms with Crippen LogP contribution in [0.3, 0.4) is 0 Å². The number of anilines is 1. The summed E-state index contributed by atoms with van der Waals surface area (Å²) in [4.78, 5) is 2.26. The fourth-order valence-electron chi connectivity index (χ4n) is 3.38. The zero-order chi connectivity index (χ0) is 17.2. The largest absolute Gasteiger partial charge is 0.456 e. The standard InChI is InChI=1S/C23H21NO/c1-3-4-8-17-9-7-10-18(15-17)24(2)19-13-14-23-21(16-19)20-11-5-6-12-22(20)25-23/h3-14,16-17H,1,15H2,2H3/b8-4+. The van der Waals surface area contributed by atoms with Gasteiger partial charge in [-0.1, -0.05) is 55.2 Å². The van der Waals surface area contributed by atoms with Crippen LogP contribution in [0.4, 0.5) is 5.69 Å². The Morgan fingerprint density at radius 1 is 1.12 bits per heavy atom. The summed E-state index contributed by atoms with van der Waals surface area (Å²) in [6, 6.07) is 14.6. The number of hydrogen-bond acceptors (Lipinski definition) is 2. The molecule has 4 rings (SSSR count). The molecule has 0 N–H and O–H groups in total. The molecular weight excluding hydrogens is 306 g/mol. The second-order valence-electron chi connectivity index (χ2n) is 6.37. The number of hydrogen-bond donors (Lipinski definition) is 0. The van der Waals surface area contributed by atoms with Crippen molar-refractivity contribution in [3.8, 4) is 0 Å². The number of para-hydroxylation sites is 1. The van der Waals surface area contributed by atoms with E-state index in [2.05, 4.69) is 73.2 Å². The number of rotatable bonds is 4. The summed E-state index contributed by atoms with van der Waals surface area (Å²) in [5, 5.41) is 2.33. The lowest BCUT2D eigenvalue weighted by atomic mass is 9.96. The van der Waals surface area contributed by atoms with Gasteiger partial charge in [-0.3, -0.25) is 0 Å². The van der Waals surface area contributed by atoms with Gasteiger partial charge in [-0.15, -0.1) is 0 Å². The Bertz CT molecular complexity index is 1020. The second kappa shape index (κ2) is 6.48. The van der Waals surface area contributed by atoms with E-state index in [1.807, 2.05) is 24.3 Å². The first-order chi connectivity index (χ1) is 12.3. The smallest absolute Gasteiger partial charge is 0.135 e. The van der Waals surface area contributed by atoms with E-state index in [1.165, 1.54) is 11.4 Å². The minimum atomic E-state index is 0.416. The highest BCUT2D eigenvalue weighted by Crippen LogP contribution is 2.33. The third kappa shape index (κ3) is 2.91. The van der Waals surface area contributed by atoms with Crippen molar-refractivity contribution in [3.05, 3.63) is 91.2 Å². The number of fused-ring (bicyclic) bond motifs is 3. The van der Waals surface area contributed by atoms with Crippen molar-refractivity contribution in [2.24, 2.45) is 5.92 Å². The van der Waals surface area contributed by atoms with Gasteiger partial charge in [0, 0.05) is 35.1 Å². The van der Waals surface area contributed by atoms with E-state index < -0.39 is 0 Å². The molecule has 0 bridgehead atoms. The first kappa shape index (κ1) is 15.5. The summed E-state index contributed by atoms with van der Waals surface area (Å²) >= 11 is 0. The molecule has 1 heterocycles. The minimum absolute atomic E-state index is 0.416. The van der Waals surface area contributed by atoms with Crippen LogP contribution in [0, 0.1) is 5.92 Å². The molecule has 0 saturated carbocycles. The van der Waals surface area contributed by atoms with E-state index in [0.29, 0.717) is 5.92 Å². The molecule has 1 unspecified atom stereocenters. The van der Waals surface area contributed by atoms with Crippen molar-refractivity contribution < 1.29 is 4.42 Å². The Morgan fingerprint density at radius 2 is 1.96 bits per heavy atom. The lowest BCUT2D eigenvalue weighted by Crippen LogP contribution is -2.19. The van der Waals surface area contributed by atoms with Crippen LogP contribution in [0.1, 0.15) is 6.42 Å². The number of allylic oxidation sites excluding steroid dienone is 7. The quantitative estimate of drug-likeness (QED) is 0.529. The molecule has 2 aromatic carbocycles. The summed E-state index contributed by atoms with van der Waals surface area (Å²) in [5.41, 5.74) is 4.34. The molecule has 0 radical (unpaired) electrons. The normalized spacial score (nSPS) is 17.3. The number of benzene rings is 2. The van der Waals surface area contributed by atoms with Crippen molar-refractivity contribution in [1.29, 1.82) is 0 Å². The molecular formula is C23H21NO. The highest BCUT2D eigenvalue weighted by atomic mass is 16.3. The zero-order valence-electron chi connectivity index (χ0n) is 14.4. The van der Waals surface area contributed by atoms with E-state index in [4.69, 9.17) is 4.42 Å². The van der Waals surface area contributed by atoms with E-state index in [1.54, 1.807) is 0 Å². The molecule has 0 spiro atoms. The maximum absolute atomic E-state index is 5.93. The van der Waals surface area contributed by atoms with E-state index in [0.717, 1.165) is 28.4 Å². The van der Waals surface area contributed by atoms with Gasteiger partial charge in [-0.25, -0.2) is 0 Å². The van der Waals surface area contributed by atoms with Gasteiger partial charge in [-0.2, -0.15) is 0 Å². The van der Waals surface area contributed by atoms with E-state index in [9.17, 15) is 0 Å². The molecule has 3 aromatic rings. The van der Waals surface area contributed by atoms with Crippen LogP contribution < -0.4 is 4.90 Å². The Morgan fingerprint density at radius 3 is 2.84 bits per heavy atom. The molecule has 0 aliphatic heterocycles. The van der Waals surface area contributed by atoms with Crippen molar-refractivity contribution in [2.75, 3.05) is 11.9 Å². The highest BCUT2D eigenvalue weighted by molar-refractivity contribution is 6.06. The number of nitrogens with zero attached hydrogens (tertiary/aromatic N) is 1. The Kier molecular flexibility index (Phi) is 4.02. The molecule has 25 heavy (non-hydrogen) atoms. The van der Waals surface area contributed by atoms with Gasteiger partial charge in [0.1, 0.15) is 11.2 Å². The summed E-state index contributed by atoms with van der Waals surface area (Å²) in [6.45, 7) is 3.75. The number of furan rings is 1. The van der Waals surface area contributed by atoms with Gasteiger partial charge < -0.3 is 9.32 Å². The average Bonchev–Trinajstić information content (AvgIpc) is 3.04. The van der Waals surface area contributed by atoms with Crippen LogP contribution in [0.25, 0.3) is 21.9 Å². The second-order valence-corrected chi connectivity index (χ2v) is 6.37. The van der Waals surface area contributed by atoms with Gasteiger partial charge >= 0.3 is 0 Å². The molecule has 1 aliphatic rings. The highest BCUT2D eigenvalue weighted by Gasteiger charge is 2.15.